The summed E-state index contributed by atoms with van der Waals surface area (Å²) >= 11 is 0. The fraction of sp³-hybridized carbons (Fsp3) is 0.577. The third-order valence-electron chi connectivity index (χ3n) is 4.31. The average Bonchev–Trinajstić information content (AvgIpc) is 2.86. The highest BCUT2D eigenvalue weighted by atomic mass is 19.5. The minimum absolute atomic E-state index is 0.0319. The van der Waals surface area contributed by atoms with E-state index in [4.69, 9.17) is 18.9 Å². The number of alkyl halides is 10. The summed E-state index contributed by atoms with van der Waals surface area (Å²) in [4.78, 5) is 35.6. The maximum Gasteiger partial charge on any atom is 0.559 e. The molecule has 0 aromatic carbocycles. The van der Waals surface area contributed by atoms with E-state index in [-0.39, 0.29) is 16.7 Å². The van der Waals surface area contributed by atoms with Gasteiger partial charge in [-0.15, -0.1) is 17.6 Å². The van der Waals surface area contributed by atoms with E-state index in [1.54, 1.807) is 0 Å². The molecule has 44 heavy (non-hydrogen) atoms. The molecule has 0 saturated carbocycles. The second kappa shape index (κ2) is 19.6. The topological polar surface area (TPSA) is 88.1 Å². The molecule has 0 atom stereocenters. The van der Waals surface area contributed by atoms with E-state index < -0.39 is 93.0 Å². The fourth-order valence-corrected chi connectivity index (χ4v) is 1.98. The van der Waals surface area contributed by atoms with Crippen LogP contribution in [0.4, 0.5) is 48.3 Å². The van der Waals surface area contributed by atoms with E-state index >= 15 is 0 Å². The summed E-state index contributed by atoms with van der Waals surface area (Å²) in [6.07, 6.45) is -16.0. The van der Waals surface area contributed by atoms with Gasteiger partial charge in [-0.1, -0.05) is 33.6 Å². The molecule has 0 aromatic heterocycles. The molecule has 0 radical (unpaired) electrons. The second-order valence-electron chi connectivity index (χ2n) is 8.84. The van der Waals surface area contributed by atoms with Gasteiger partial charge < -0.3 is 18.9 Å². The van der Waals surface area contributed by atoms with Gasteiger partial charge in [-0.25, -0.2) is 18.8 Å². The first-order chi connectivity index (χ1) is 19.6. The van der Waals surface area contributed by atoms with Crippen molar-refractivity contribution < 1.29 is 81.6 Å². The van der Waals surface area contributed by atoms with E-state index in [1.165, 1.54) is 20.8 Å². The quantitative estimate of drug-likeness (QED) is 0.0649. The van der Waals surface area contributed by atoms with Crippen molar-refractivity contribution in [3.05, 3.63) is 48.0 Å². The number of carbonyl (C=O) groups excluding carboxylic acids is 3. The number of hydrogen-bond acceptors (Lipinski definition) is 7. The van der Waals surface area contributed by atoms with Gasteiger partial charge in [0.2, 0.25) is 5.76 Å². The Morgan fingerprint density at radius 2 is 0.841 bits per heavy atom. The SMILES string of the molecule is C=C(C)C(=O)OCC(COC(=O)C(=C)C)(COC(=O)C(=C)C)CO/C(=C(/F)CC)C(F)(F)F.CCC(F)(F)F.FC(F)(F)F. The fourth-order valence-electron chi connectivity index (χ4n) is 1.98. The molecule has 0 heterocycles. The van der Waals surface area contributed by atoms with E-state index in [9.17, 15) is 62.7 Å². The summed E-state index contributed by atoms with van der Waals surface area (Å²) in [5, 5.41) is 0. The van der Waals surface area contributed by atoms with E-state index in [0.717, 1.165) is 13.8 Å². The van der Waals surface area contributed by atoms with Crippen molar-refractivity contribution in [1.29, 1.82) is 0 Å². The molecule has 0 aromatic rings. The lowest BCUT2D eigenvalue weighted by Crippen LogP contribution is -2.44. The third-order valence-corrected chi connectivity index (χ3v) is 4.31. The van der Waals surface area contributed by atoms with Gasteiger partial charge in [0, 0.05) is 29.6 Å². The second-order valence-corrected chi connectivity index (χ2v) is 8.84. The number of allylic oxidation sites excluding steroid dienone is 2. The van der Waals surface area contributed by atoms with Gasteiger partial charge in [0.1, 0.15) is 37.7 Å². The number of carbonyl (C=O) groups is 3. The largest absolute Gasteiger partial charge is 0.559 e. The average molecular weight is 667 g/mol. The molecule has 0 saturated heterocycles. The van der Waals surface area contributed by atoms with Crippen molar-refractivity contribution in [2.24, 2.45) is 5.41 Å². The Labute approximate surface area is 246 Å². The maximum atomic E-state index is 13.9. The van der Waals surface area contributed by atoms with Crippen molar-refractivity contribution in [3.8, 4) is 0 Å². The summed E-state index contributed by atoms with van der Waals surface area (Å²) < 4.78 is 145. The molecule has 7 nitrogen and oxygen atoms in total. The highest BCUT2D eigenvalue weighted by molar-refractivity contribution is 5.88. The Morgan fingerprint density at radius 3 is 1.02 bits per heavy atom. The Kier molecular flexibility index (Phi) is 20.0. The van der Waals surface area contributed by atoms with Crippen LogP contribution in [0.5, 0.6) is 0 Å². The summed E-state index contributed by atoms with van der Waals surface area (Å²) in [5.41, 5.74) is -1.94. The zero-order valence-corrected chi connectivity index (χ0v) is 24.4. The third kappa shape index (κ3) is 23.9. The summed E-state index contributed by atoms with van der Waals surface area (Å²) in [6.45, 7) is 13.2. The number of halogens is 11. The molecule has 0 rings (SSSR count). The molecule has 0 aliphatic carbocycles. The lowest BCUT2D eigenvalue weighted by Gasteiger charge is -2.32. The van der Waals surface area contributed by atoms with Crippen molar-refractivity contribution in [2.45, 2.75) is 66.2 Å². The first kappa shape index (κ1) is 44.8. The molecule has 0 unspecified atom stereocenters. The molecule has 0 amide bonds. The molecule has 0 fully saturated rings. The molecule has 18 heteroatoms. The van der Waals surface area contributed by atoms with Crippen LogP contribution in [-0.2, 0) is 33.3 Å². The molecule has 0 spiro atoms. The number of ether oxygens (including phenoxy) is 4. The first-order valence-electron chi connectivity index (χ1n) is 12.0. The molecule has 0 N–H and O–H groups in total. The summed E-state index contributed by atoms with van der Waals surface area (Å²) in [5.74, 6) is -6.22. The molecular weight excluding hydrogens is 633 g/mol. The minimum Gasteiger partial charge on any atom is -0.486 e. The van der Waals surface area contributed by atoms with Crippen molar-refractivity contribution in [3.63, 3.8) is 0 Å². The van der Waals surface area contributed by atoms with Gasteiger partial charge in [0.05, 0.1) is 0 Å². The number of esters is 3. The van der Waals surface area contributed by atoms with Gasteiger partial charge in [-0.05, 0) is 20.8 Å². The summed E-state index contributed by atoms with van der Waals surface area (Å²) in [7, 11) is 0. The van der Waals surface area contributed by atoms with Crippen LogP contribution in [0.1, 0.15) is 47.5 Å². The highest BCUT2D eigenvalue weighted by Gasteiger charge is 2.43. The van der Waals surface area contributed by atoms with Gasteiger partial charge in [-0.2, -0.15) is 26.3 Å². The smallest absolute Gasteiger partial charge is 0.486 e. The van der Waals surface area contributed by atoms with Crippen LogP contribution >= 0.6 is 0 Å². The Hall–Kier alpha value is -3.60. The lowest BCUT2D eigenvalue weighted by atomic mass is 9.92. The van der Waals surface area contributed by atoms with Gasteiger partial charge in [0.25, 0.3) is 0 Å². The molecule has 0 aliphatic heterocycles. The van der Waals surface area contributed by atoms with E-state index in [2.05, 4.69) is 19.7 Å². The predicted octanol–water partition coefficient (Wildman–Crippen LogP) is 7.94. The highest BCUT2D eigenvalue weighted by Crippen LogP contribution is 2.33. The Bertz CT molecular complexity index is 945. The van der Waals surface area contributed by atoms with Crippen LogP contribution in [0.2, 0.25) is 0 Å². The van der Waals surface area contributed by atoms with E-state index in [0.29, 0.717) is 0 Å². The molecule has 0 aliphatic rings. The number of hydrogen-bond donors (Lipinski definition) is 0. The van der Waals surface area contributed by atoms with Crippen LogP contribution in [0.15, 0.2) is 48.0 Å². The summed E-state index contributed by atoms with van der Waals surface area (Å²) in [6, 6.07) is 0. The molecule has 256 valence electrons. The van der Waals surface area contributed by atoms with Crippen LogP contribution in [-0.4, -0.2) is 63.1 Å². The van der Waals surface area contributed by atoms with Crippen LogP contribution in [0.3, 0.4) is 0 Å². The predicted molar refractivity (Wildman–Crippen MR) is 134 cm³/mol. The van der Waals surface area contributed by atoms with Crippen molar-refractivity contribution in [1.82, 2.24) is 0 Å². The minimum atomic E-state index is -5.50. The van der Waals surface area contributed by atoms with Gasteiger partial charge in [-0.3, -0.25) is 0 Å². The van der Waals surface area contributed by atoms with Crippen LogP contribution in [0, 0.1) is 5.41 Å². The zero-order chi connectivity index (χ0) is 35.7. The van der Waals surface area contributed by atoms with Crippen molar-refractivity contribution in [2.75, 3.05) is 26.4 Å². The Morgan fingerprint density at radius 1 is 0.591 bits per heavy atom. The lowest BCUT2D eigenvalue weighted by molar-refractivity contribution is -0.237. The van der Waals surface area contributed by atoms with Crippen LogP contribution in [0.25, 0.3) is 0 Å². The monoisotopic (exact) mass is 666 g/mol. The van der Waals surface area contributed by atoms with E-state index in [1.807, 2.05) is 0 Å². The zero-order valence-electron chi connectivity index (χ0n) is 24.4. The standard InChI is InChI=1S/C22H28F4O7.C3H5F3.CF4/c1-8-16(23)17(22(24,25)26)30-9-21(10-31-18(27)13(2)3,11-32-19(28)14(4)5)12-33-20(29)15(6)7;1-2-3(4,5)6;2-1(3,4)5/h2,4,6,8-12H2,1,3,5,7H3;2H2,1H3;/b17-16+;;. The Balaban J connectivity index is -0.00000129. The number of rotatable bonds is 13. The van der Waals surface area contributed by atoms with Gasteiger partial charge in [0.15, 0.2) is 0 Å². The normalized spacial score (nSPS) is 12.2. The van der Waals surface area contributed by atoms with Gasteiger partial charge >= 0.3 is 36.7 Å². The molecular formula is C26H33F11O7. The van der Waals surface area contributed by atoms with Crippen LogP contribution < -0.4 is 0 Å². The first-order valence-corrected chi connectivity index (χ1v) is 12.0. The molecule has 0 bridgehead atoms. The maximum absolute atomic E-state index is 13.9. The van der Waals surface area contributed by atoms with Crippen molar-refractivity contribution >= 4 is 17.9 Å².